The molecule has 0 aromatic carbocycles. The normalized spacial score (nSPS) is 17.1. The Balaban J connectivity index is 1.78. The highest BCUT2D eigenvalue weighted by Gasteiger charge is 2.18. The van der Waals surface area contributed by atoms with Crippen LogP contribution in [-0.4, -0.2) is 32.6 Å². The number of carbonyl (C=O) groups excluding carboxylic acids is 1. The van der Waals surface area contributed by atoms with Gasteiger partial charge >= 0.3 is 5.91 Å². The van der Waals surface area contributed by atoms with Crippen LogP contribution in [0, 0.1) is 0 Å². The van der Waals surface area contributed by atoms with Gasteiger partial charge in [0.25, 0.3) is 5.82 Å². The molecular weight excluding hydrogens is 186 g/mol. The van der Waals surface area contributed by atoms with Crippen molar-refractivity contribution in [2.45, 2.75) is 31.8 Å². The maximum atomic E-state index is 11.2. The highest BCUT2D eigenvalue weighted by Crippen LogP contribution is 2.19. The molecule has 0 unspecified atom stereocenters. The Labute approximate surface area is 80.2 Å². The maximum Gasteiger partial charge on any atom is 0.316 e. The van der Waals surface area contributed by atoms with Gasteiger partial charge in [-0.25, -0.2) is 5.48 Å². The molecule has 2 rings (SSSR count). The van der Waals surface area contributed by atoms with Crippen molar-refractivity contribution in [3.8, 4) is 0 Å². The van der Waals surface area contributed by atoms with Gasteiger partial charge < -0.3 is 0 Å². The van der Waals surface area contributed by atoms with E-state index in [4.69, 9.17) is 4.84 Å². The zero-order valence-corrected chi connectivity index (χ0v) is 7.56. The molecule has 1 aromatic heterocycles. The lowest BCUT2D eigenvalue weighted by Crippen LogP contribution is -2.29. The molecule has 1 saturated carbocycles. The summed E-state index contributed by atoms with van der Waals surface area (Å²) < 4.78 is 0. The Morgan fingerprint density at radius 1 is 1.50 bits per heavy atom. The van der Waals surface area contributed by atoms with Crippen LogP contribution >= 0.6 is 0 Å². The summed E-state index contributed by atoms with van der Waals surface area (Å²) in [5.41, 5.74) is 2.30. The third-order valence-corrected chi connectivity index (χ3v) is 2.17. The molecular formula is C7H11N5O2. The van der Waals surface area contributed by atoms with E-state index in [0.717, 1.165) is 25.7 Å². The quantitative estimate of drug-likeness (QED) is 0.655. The van der Waals surface area contributed by atoms with Crippen LogP contribution in [0.15, 0.2) is 0 Å². The van der Waals surface area contributed by atoms with Crippen molar-refractivity contribution in [3.05, 3.63) is 5.82 Å². The van der Waals surface area contributed by atoms with Crippen molar-refractivity contribution in [1.29, 1.82) is 0 Å². The number of hydroxylamine groups is 1. The number of rotatable bonds is 3. The highest BCUT2D eigenvalue weighted by atomic mass is 16.7. The number of H-pyrrole nitrogens is 1. The number of aromatic amines is 1. The predicted octanol–water partition coefficient (Wildman–Crippen LogP) is -0.196. The summed E-state index contributed by atoms with van der Waals surface area (Å²) in [6.07, 6.45) is 4.43. The van der Waals surface area contributed by atoms with Crippen molar-refractivity contribution in [2.75, 3.05) is 0 Å². The Morgan fingerprint density at radius 2 is 2.29 bits per heavy atom. The Morgan fingerprint density at radius 3 is 2.93 bits per heavy atom. The van der Waals surface area contributed by atoms with Crippen molar-refractivity contribution in [2.24, 2.45) is 0 Å². The summed E-state index contributed by atoms with van der Waals surface area (Å²) in [5.74, 6) is -0.478. The molecule has 0 spiro atoms. The second-order valence-corrected chi connectivity index (χ2v) is 3.19. The van der Waals surface area contributed by atoms with Crippen LogP contribution in [0.3, 0.4) is 0 Å². The molecule has 1 aliphatic carbocycles. The van der Waals surface area contributed by atoms with E-state index in [1.807, 2.05) is 0 Å². The van der Waals surface area contributed by atoms with E-state index in [9.17, 15) is 4.79 Å². The van der Waals surface area contributed by atoms with Crippen LogP contribution in [-0.2, 0) is 4.84 Å². The fourth-order valence-electron chi connectivity index (χ4n) is 1.45. The molecule has 0 bridgehead atoms. The minimum absolute atomic E-state index is 0.0111. The number of carbonyl (C=O) groups is 1. The van der Waals surface area contributed by atoms with E-state index in [0.29, 0.717) is 0 Å². The van der Waals surface area contributed by atoms with Gasteiger partial charge in [-0.3, -0.25) is 9.63 Å². The first-order valence-corrected chi connectivity index (χ1v) is 4.55. The molecule has 7 nitrogen and oxygen atoms in total. The summed E-state index contributed by atoms with van der Waals surface area (Å²) in [7, 11) is 0. The van der Waals surface area contributed by atoms with Gasteiger partial charge in [-0.15, -0.1) is 10.2 Å². The average molecular weight is 197 g/mol. The summed E-state index contributed by atoms with van der Waals surface area (Å²) in [5, 5.41) is 12.5. The third kappa shape index (κ3) is 2.05. The molecule has 1 amide bonds. The largest absolute Gasteiger partial charge is 0.316 e. The molecule has 1 fully saturated rings. The summed E-state index contributed by atoms with van der Waals surface area (Å²) in [6.45, 7) is 0. The molecule has 0 aliphatic heterocycles. The van der Waals surface area contributed by atoms with Gasteiger partial charge in [0.1, 0.15) is 0 Å². The van der Waals surface area contributed by atoms with E-state index in [-0.39, 0.29) is 11.9 Å². The minimum Gasteiger partial charge on any atom is -0.270 e. The average Bonchev–Trinajstić information content (AvgIpc) is 2.87. The van der Waals surface area contributed by atoms with Gasteiger partial charge in [-0.2, -0.15) is 5.21 Å². The van der Waals surface area contributed by atoms with E-state index in [2.05, 4.69) is 26.1 Å². The van der Waals surface area contributed by atoms with Gasteiger partial charge in [-0.05, 0) is 18.1 Å². The fourth-order valence-corrected chi connectivity index (χ4v) is 1.45. The number of tetrazole rings is 1. The van der Waals surface area contributed by atoms with Gasteiger partial charge in [0.05, 0.1) is 6.10 Å². The molecule has 2 N–H and O–H groups in total. The van der Waals surface area contributed by atoms with Crippen LogP contribution in [0.2, 0.25) is 0 Å². The van der Waals surface area contributed by atoms with Crippen molar-refractivity contribution in [1.82, 2.24) is 26.1 Å². The number of hydrogen-bond donors (Lipinski definition) is 2. The van der Waals surface area contributed by atoms with Gasteiger partial charge in [0.15, 0.2) is 0 Å². The number of nitrogens with one attached hydrogen (secondary N) is 2. The highest BCUT2D eigenvalue weighted by molar-refractivity contribution is 5.89. The molecule has 1 aliphatic rings. The van der Waals surface area contributed by atoms with Crippen LogP contribution in [0.5, 0.6) is 0 Å². The molecule has 0 atom stereocenters. The number of nitrogens with zero attached hydrogens (tertiary/aromatic N) is 3. The van der Waals surface area contributed by atoms with Crippen LogP contribution in [0.25, 0.3) is 0 Å². The molecule has 76 valence electrons. The monoisotopic (exact) mass is 197 g/mol. The number of hydrogen-bond acceptors (Lipinski definition) is 5. The fraction of sp³-hybridized carbons (Fsp3) is 0.714. The molecule has 0 radical (unpaired) electrons. The number of amides is 1. The minimum atomic E-state index is -0.467. The summed E-state index contributed by atoms with van der Waals surface area (Å²) in [4.78, 5) is 16.4. The first kappa shape index (κ1) is 9.07. The van der Waals surface area contributed by atoms with Gasteiger partial charge in [0.2, 0.25) is 0 Å². The third-order valence-electron chi connectivity index (χ3n) is 2.17. The molecule has 14 heavy (non-hydrogen) atoms. The second kappa shape index (κ2) is 4.14. The molecule has 1 aromatic rings. The van der Waals surface area contributed by atoms with E-state index in [1.54, 1.807) is 0 Å². The molecule has 7 heteroatoms. The SMILES string of the molecule is O=C(NOC1CCCC1)c1nn[nH]n1. The lowest BCUT2D eigenvalue weighted by atomic mass is 10.3. The first-order valence-electron chi connectivity index (χ1n) is 4.55. The van der Waals surface area contributed by atoms with Crippen molar-refractivity contribution >= 4 is 5.91 Å². The maximum absolute atomic E-state index is 11.2. The van der Waals surface area contributed by atoms with E-state index in [1.165, 1.54) is 0 Å². The van der Waals surface area contributed by atoms with Crippen LogP contribution in [0.4, 0.5) is 0 Å². The lowest BCUT2D eigenvalue weighted by molar-refractivity contribution is -0.0130. The van der Waals surface area contributed by atoms with Crippen LogP contribution < -0.4 is 5.48 Å². The summed E-state index contributed by atoms with van der Waals surface area (Å²) in [6, 6.07) is 0. The second-order valence-electron chi connectivity index (χ2n) is 3.19. The Bertz CT molecular complexity index is 293. The molecule has 0 saturated heterocycles. The lowest BCUT2D eigenvalue weighted by Gasteiger charge is -2.09. The standard InChI is InChI=1S/C7H11N5O2/c13-7(6-8-11-12-9-6)10-14-5-3-1-2-4-5/h5H,1-4H2,(H,10,13)(H,8,9,11,12). The predicted molar refractivity (Wildman–Crippen MR) is 45.0 cm³/mol. The van der Waals surface area contributed by atoms with Crippen molar-refractivity contribution < 1.29 is 9.63 Å². The Kier molecular flexibility index (Phi) is 2.68. The zero-order valence-electron chi connectivity index (χ0n) is 7.56. The van der Waals surface area contributed by atoms with Crippen LogP contribution in [0.1, 0.15) is 36.3 Å². The smallest absolute Gasteiger partial charge is 0.270 e. The van der Waals surface area contributed by atoms with Crippen molar-refractivity contribution in [3.63, 3.8) is 0 Å². The van der Waals surface area contributed by atoms with Gasteiger partial charge in [0, 0.05) is 0 Å². The molecule has 1 heterocycles. The first-order chi connectivity index (χ1) is 6.86. The Hall–Kier alpha value is -1.50. The van der Waals surface area contributed by atoms with E-state index >= 15 is 0 Å². The zero-order chi connectivity index (χ0) is 9.80. The van der Waals surface area contributed by atoms with Gasteiger partial charge in [-0.1, -0.05) is 12.8 Å². The summed E-state index contributed by atoms with van der Waals surface area (Å²) >= 11 is 0. The number of aromatic nitrogens is 4. The topological polar surface area (TPSA) is 92.8 Å². The van der Waals surface area contributed by atoms with E-state index < -0.39 is 5.91 Å².